The fraction of sp³-hybridized carbons (Fsp3) is 0.571. The Morgan fingerprint density at radius 1 is 0.794 bits per heavy atom. The lowest BCUT2D eigenvalue weighted by Gasteiger charge is -2.38. The molecule has 2 aromatic rings. The summed E-state index contributed by atoms with van der Waals surface area (Å²) in [4.78, 5) is 0. The molecule has 0 spiro atoms. The fourth-order valence-corrected chi connectivity index (χ4v) is 6.09. The molecule has 2 aliphatic carbocycles. The Morgan fingerprint density at radius 3 is 1.85 bits per heavy atom. The van der Waals surface area contributed by atoms with E-state index >= 15 is 0 Å². The van der Waals surface area contributed by atoms with E-state index in [1.54, 1.807) is 0 Å². The lowest BCUT2D eigenvalue weighted by molar-refractivity contribution is -0.189. The Labute approximate surface area is 198 Å². The molecule has 4 rings (SSSR count). The average molecular weight is 481 g/mol. The minimum atomic E-state index is -4.22. The Kier molecular flexibility index (Phi) is 7.83. The van der Waals surface area contributed by atoms with Gasteiger partial charge < -0.3 is 4.74 Å². The number of rotatable bonds is 7. The molecule has 0 atom stereocenters. The van der Waals surface area contributed by atoms with Crippen LogP contribution >= 0.6 is 0 Å². The molecule has 0 amide bonds. The van der Waals surface area contributed by atoms with Gasteiger partial charge in [0.25, 0.3) is 0 Å². The summed E-state index contributed by atoms with van der Waals surface area (Å²) in [7, 11) is 0. The second-order valence-corrected chi connectivity index (χ2v) is 10.1. The van der Waals surface area contributed by atoms with E-state index in [0.717, 1.165) is 73.9 Å². The van der Waals surface area contributed by atoms with Gasteiger partial charge in [0, 0.05) is 0 Å². The molecule has 0 heterocycles. The second kappa shape index (κ2) is 10.7. The topological polar surface area (TPSA) is 9.23 Å². The minimum absolute atomic E-state index is 0.0302. The Bertz CT molecular complexity index is 919. The molecule has 0 saturated heterocycles. The number of benzene rings is 2. The van der Waals surface area contributed by atoms with Gasteiger partial charge in [-0.3, -0.25) is 0 Å². The highest BCUT2D eigenvalue weighted by Gasteiger charge is 2.42. The van der Waals surface area contributed by atoms with Crippen LogP contribution in [0.4, 0.5) is 22.0 Å². The molecule has 34 heavy (non-hydrogen) atoms. The summed E-state index contributed by atoms with van der Waals surface area (Å²) in [6.07, 6.45) is 7.19. The van der Waals surface area contributed by atoms with Gasteiger partial charge in [0.1, 0.15) is 28.8 Å². The summed E-state index contributed by atoms with van der Waals surface area (Å²) in [6, 6.07) is 5.91. The van der Waals surface area contributed by atoms with E-state index in [1.165, 1.54) is 38.5 Å². The maximum Gasteiger partial charge on any atom is 0.432 e. The number of hydrogen-bond donors (Lipinski definition) is 0. The van der Waals surface area contributed by atoms with Crippen LogP contribution in [0, 0.1) is 35.2 Å². The van der Waals surface area contributed by atoms with Gasteiger partial charge in [0.15, 0.2) is 0 Å². The van der Waals surface area contributed by atoms with Crippen LogP contribution in [0.2, 0.25) is 0 Å². The molecule has 0 bridgehead atoms. The summed E-state index contributed by atoms with van der Waals surface area (Å²) in [5, 5.41) is 0. The first-order valence-electron chi connectivity index (χ1n) is 12.6. The van der Waals surface area contributed by atoms with E-state index in [9.17, 15) is 22.0 Å². The number of hydrogen-bond acceptors (Lipinski definition) is 1. The standard InChI is InChI=1S/C28H33F5O/c1-2-3-18-4-6-19(7-5-18)20-8-10-21(11-9-20)22-16-25(30)27(26(31)17-22)28(32,33)34-24-14-12-23(29)13-15-24/h12-21H,2-11H2,1H3. The normalized spacial score (nSPS) is 25.8. The summed E-state index contributed by atoms with van der Waals surface area (Å²) >= 11 is 0. The average Bonchev–Trinajstić information content (AvgIpc) is 2.81. The molecule has 1 nitrogen and oxygen atoms in total. The molecule has 0 radical (unpaired) electrons. The Morgan fingerprint density at radius 2 is 1.32 bits per heavy atom. The van der Waals surface area contributed by atoms with Crippen molar-refractivity contribution >= 4 is 0 Å². The van der Waals surface area contributed by atoms with E-state index in [1.807, 2.05) is 0 Å². The molecule has 0 aliphatic heterocycles. The Hall–Kier alpha value is -2.11. The largest absolute Gasteiger partial charge is 0.432 e. The van der Waals surface area contributed by atoms with Gasteiger partial charge in [0.05, 0.1) is 0 Å². The highest BCUT2D eigenvalue weighted by atomic mass is 19.3. The monoisotopic (exact) mass is 480 g/mol. The van der Waals surface area contributed by atoms with Crippen LogP contribution in [-0.2, 0) is 6.11 Å². The molecule has 2 fully saturated rings. The predicted molar refractivity (Wildman–Crippen MR) is 122 cm³/mol. The molecular weight excluding hydrogens is 447 g/mol. The van der Waals surface area contributed by atoms with E-state index < -0.39 is 29.1 Å². The van der Waals surface area contributed by atoms with E-state index in [0.29, 0.717) is 11.5 Å². The lowest BCUT2D eigenvalue weighted by Crippen LogP contribution is -2.26. The molecule has 2 saturated carbocycles. The highest BCUT2D eigenvalue weighted by molar-refractivity contribution is 5.32. The summed E-state index contributed by atoms with van der Waals surface area (Å²) in [5.41, 5.74) is -0.987. The van der Waals surface area contributed by atoms with Crippen LogP contribution in [0.25, 0.3) is 0 Å². The van der Waals surface area contributed by atoms with E-state index in [4.69, 9.17) is 0 Å². The maximum absolute atomic E-state index is 14.7. The third-order valence-electron chi connectivity index (χ3n) is 7.91. The first-order chi connectivity index (χ1) is 16.3. The van der Waals surface area contributed by atoms with E-state index in [-0.39, 0.29) is 11.7 Å². The fourth-order valence-electron chi connectivity index (χ4n) is 6.09. The SMILES string of the molecule is CCCC1CCC(C2CCC(c3cc(F)c(C(F)(F)Oc4ccc(F)cc4)c(F)c3)CC2)CC1. The van der Waals surface area contributed by atoms with Gasteiger partial charge >= 0.3 is 6.11 Å². The van der Waals surface area contributed by atoms with Crippen molar-refractivity contribution in [2.45, 2.75) is 83.2 Å². The lowest BCUT2D eigenvalue weighted by atomic mass is 9.68. The smallest absolute Gasteiger partial charge is 0.429 e. The number of ether oxygens (including phenoxy) is 1. The molecule has 0 N–H and O–H groups in total. The van der Waals surface area contributed by atoms with Crippen LogP contribution in [0.3, 0.4) is 0 Å². The quantitative estimate of drug-likeness (QED) is 0.359. The predicted octanol–water partition coefficient (Wildman–Crippen LogP) is 9.11. The van der Waals surface area contributed by atoms with Crippen molar-refractivity contribution in [3.8, 4) is 5.75 Å². The third kappa shape index (κ3) is 5.75. The van der Waals surface area contributed by atoms with Gasteiger partial charge in [-0.05, 0) is 104 Å². The first-order valence-corrected chi connectivity index (χ1v) is 12.6. The van der Waals surface area contributed by atoms with Crippen LogP contribution in [0.15, 0.2) is 36.4 Å². The number of alkyl halides is 2. The number of halogens is 5. The van der Waals surface area contributed by atoms with Crippen LogP contribution in [-0.4, -0.2) is 0 Å². The van der Waals surface area contributed by atoms with Crippen LogP contribution < -0.4 is 4.74 Å². The summed E-state index contributed by atoms with van der Waals surface area (Å²) in [6.45, 7) is 2.24. The van der Waals surface area contributed by atoms with Gasteiger partial charge in [-0.1, -0.05) is 32.6 Å². The maximum atomic E-state index is 14.7. The zero-order chi connectivity index (χ0) is 24.3. The van der Waals surface area contributed by atoms with Crippen molar-refractivity contribution in [3.63, 3.8) is 0 Å². The van der Waals surface area contributed by atoms with Gasteiger partial charge in [0.2, 0.25) is 0 Å². The summed E-state index contributed by atoms with van der Waals surface area (Å²) < 4.78 is 76.1. The first kappa shape index (κ1) is 25.0. The van der Waals surface area contributed by atoms with Crippen molar-refractivity contribution in [1.29, 1.82) is 0 Å². The minimum Gasteiger partial charge on any atom is -0.429 e. The van der Waals surface area contributed by atoms with Crippen molar-refractivity contribution in [1.82, 2.24) is 0 Å². The van der Waals surface area contributed by atoms with Crippen LogP contribution in [0.5, 0.6) is 5.75 Å². The molecule has 186 valence electrons. The molecule has 6 heteroatoms. The molecule has 0 aromatic heterocycles. The van der Waals surface area contributed by atoms with Crippen molar-refractivity contribution in [2.24, 2.45) is 17.8 Å². The van der Waals surface area contributed by atoms with Crippen LogP contribution in [0.1, 0.15) is 88.2 Å². The van der Waals surface area contributed by atoms with Crippen molar-refractivity contribution in [3.05, 3.63) is 65.0 Å². The van der Waals surface area contributed by atoms with Crippen molar-refractivity contribution in [2.75, 3.05) is 0 Å². The van der Waals surface area contributed by atoms with Gasteiger partial charge in [-0.2, -0.15) is 8.78 Å². The van der Waals surface area contributed by atoms with E-state index in [2.05, 4.69) is 11.7 Å². The zero-order valence-corrected chi connectivity index (χ0v) is 19.6. The van der Waals surface area contributed by atoms with Gasteiger partial charge in [-0.25, -0.2) is 13.2 Å². The van der Waals surface area contributed by atoms with Gasteiger partial charge in [-0.15, -0.1) is 0 Å². The molecule has 2 aliphatic rings. The second-order valence-electron chi connectivity index (χ2n) is 10.1. The Balaban J connectivity index is 1.39. The summed E-state index contributed by atoms with van der Waals surface area (Å²) in [5.74, 6) is -1.41. The third-order valence-corrected chi connectivity index (χ3v) is 7.91. The highest BCUT2D eigenvalue weighted by Crippen LogP contribution is 2.45. The molecular formula is C28H33F5O. The zero-order valence-electron chi connectivity index (χ0n) is 19.6. The molecule has 2 aromatic carbocycles. The van der Waals surface area contributed by atoms with Crippen molar-refractivity contribution < 1.29 is 26.7 Å². The molecule has 0 unspecified atom stereocenters.